The quantitative estimate of drug-likeness (QED) is 0.739. The van der Waals surface area contributed by atoms with Crippen LogP contribution in [0, 0.1) is 5.82 Å². The molecule has 1 aliphatic rings. The molecule has 0 radical (unpaired) electrons. The fraction of sp³-hybridized carbons (Fsp3) is 0.333. The molecule has 0 bridgehead atoms. The first-order valence-electron chi connectivity index (χ1n) is 6.89. The summed E-state index contributed by atoms with van der Waals surface area (Å²) < 4.78 is 53.4. The second kappa shape index (κ2) is 5.74. The van der Waals surface area contributed by atoms with Crippen LogP contribution in [0.5, 0.6) is 0 Å². The summed E-state index contributed by atoms with van der Waals surface area (Å²) in [6.45, 7) is -0.151. The first-order chi connectivity index (χ1) is 10.8. The fourth-order valence-electron chi connectivity index (χ4n) is 2.26. The fourth-order valence-corrected chi connectivity index (χ4v) is 2.69. The zero-order valence-electron chi connectivity index (χ0n) is 11.7. The van der Waals surface area contributed by atoms with Gasteiger partial charge in [0.05, 0.1) is 16.7 Å². The predicted octanol–water partition coefficient (Wildman–Crippen LogP) is 4.09. The average molecular weight is 391 g/mol. The molecule has 1 fully saturated rings. The molecule has 1 saturated carbocycles. The molecule has 1 aromatic heterocycles. The van der Waals surface area contributed by atoms with Crippen LogP contribution in [0.2, 0.25) is 0 Å². The first kappa shape index (κ1) is 16.2. The Morgan fingerprint density at radius 3 is 2.52 bits per heavy atom. The van der Waals surface area contributed by atoms with Crippen molar-refractivity contribution < 1.29 is 17.6 Å². The highest BCUT2D eigenvalue weighted by atomic mass is 79.9. The number of hydrogen-bond acceptors (Lipinski definition) is 2. The van der Waals surface area contributed by atoms with E-state index < -0.39 is 23.1 Å². The molecule has 1 aromatic carbocycles. The van der Waals surface area contributed by atoms with Crippen LogP contribution in [-0.2, 0) is 12.7 Å². The number of hydrogen-bond donors (Lipinski definition) is 0. The zero-order valence-corrected chi connectivity index (χ0v) is 13.3. The molecule has 0 unspecified atom stereocenters. The number of nitrogens with zero attached hydrogens (tertiary/aromatic N) is 2. The lowest BCUT2D eigenvalue weighted by molar-refractivity contribution is -0.139. The largest absolute Gasteiger partial charge is 0.421 e. The first-order valence-corrected chi connectivity index (χ1v) is 7.68. The van der Waals surface area contributed by atoms with E-state index in [1.807, 2.05) is 0 Å². The molecule has 0 amide bonds. The van der Waals surface area contributed by atoms with Crippen molar-refractivity contribution >= 4 is 15.9 Å². The monoisotopic (exact) mass is 390 g/mol. The lowest BCUT2D eigenvalue weighted by Crippen LogP contribution is -2.31. The molecule has 0 atom stereocenters. The van der Waals surface area contributed by atoms with Crippen molar-refractivity contribution in [1.82, 2.24) is 9.78 Å². The maximum atomic E-state index is 13.2. The molecule has 3 rings (SSSR count). The van der Waals surface area contributed by atoms with E-state index in [9.17, 15) is 22.4 Å². The summed E-state index contributed by atoms with van der Waals surface area (Å²) >= 11 is 3.01. The molecule has 3 nitrogen and oxygen atoms in total. The molecule has 0 N–H and O–H groups in total. The lowest BCUT2D eigenvalue weighted by Gasteiger charge is -2.12. The van der Waals surface area contributed by atoms with Crippen LogP contribution in [0.25, 0.3) is 0 Å². The molecule has 0 saturated heterocycles. The van der Waals surface area contributed by atoms with Crippen LogP contribution in [0.15, 0.2) is 33.5 Å². The molecular weight excluding hydrogens is 380 g/mol. The topological polar surface area (TPSA) is 34.9 Å². The summed E-state index contributed by atoms with van der Waals surface area (Å²) in [4.78, 5) is 12.1. The van der Waals surface area contributed by atoms with Gasteiger partial charge in [0.1, 0.15) is 11.4 Å². The Labute approximate surface area is 137 Å². The van der Waals surface area contributed by atoms with Crippen LogP contribution < -0.4 is 5.56 Å². The van der Waals surface area contributed by atoms with Gasteiger partial charge in [0.15, 0.2) is 0 Å². The van der Waals surface area contributed by atoms with Crippen molar-refractivity contribution in [2.75, 3.05) is 0 Å². The summed E-state index contributed by atoms with van der Waals surface area (Å²) in [6.07, 6.45) is -3.19. The Morgan fingerprint density at radius 2 is 1.96 bits per heavy atom. The molecule has 23 heavy (non-hydrogen) atoms. The zero-order chi connectivity index (χ0) is 16.8. The molecule has 0 spiro atoms. The lowest BCUT2D eigenvalue weighted by atomic mass is 10.2. The van der Waals surface area contributed by atoms with E-state index in [4.69, 9.17) is 0 Å². The van der Waals surface area contributed by atoms with Crippen LogP contribution in [0.4, 0.5) is 17.6 Å². The normalized spacial score (nSPS) is 15.0. The second-order valence-electron chi connectivity index (χ2n) is 5.47. The maximum absolute atomic E-state index is 13.2. The van der Waals surface area contributed by atoms with Gasteiger partial charge in [0.2, 0.25) is 0 Å². The SMILES string of the molecule is O=c1c(C(F)(F)F)cc(C2CC2)nn1Cc1ccc(F)c(Br)c1. The number of alkyl halides is 3. The highest BCUT2D eigenvalue weighted by Crippen LogP contribution is 2.40. The molecular formula is C15H11BrF4N2O. The third kappa shape index (κ3) is 3.46. The van der Waals surface area contributed by atoms with Crippen molar-refractivity contribution in [3.63, 3.8) is 0 Å². The summed E-state index contributed by atoms with van der Waals surface area (Å²) in [5, 5.41) is 4.05. The van der Waals surface area contributed by atoms with Crippen molar-refractivity contribution in [2.24, 2.45) is 0 Å². The summed E-state index contributed by atoms with van der Waals surface area (Å²) in [5.41, 5.74) is -1.65. The highest BCUT2D eigenvalue weighted by Gasteiger charge is 2.37. The van der Waals surface area contributed by atoms with Gasteiger partial charge in [-0.2, -0.15) is 18.3 Å². The summed E-state index contributed by atoms with van der Waals surface area (Å²) in [7, 11) is 0. The number of rotatable bonds is 3. The molecule has 1 aliphatic carbocycles. The molecule has 8 heteroatoms. The van der Waals surface area contributed by atoms with E-state index in [0.29, 0.717) is 5.56 Å². The van der Waals surface area contributed by atoms with Gasteiger partial charge in [-0.25, -0.2) is 9.07 Å². The minimum atomic E-state index is -4.73. The highest BCUT2D eigenvalue weighted by molar-refractivity contribution is 9.10. The van der Waals surface area contributed by atoms with E-state index in [1.54, 1.807) is 0 Å². The number of benzene rings is 1. The van der Waals surface area contributed by atoms with Crippen molar-refractivity contribution in [1.29, 1.82) is 0 Å². The van der Waals surface area contributed by atoms with E-state index in [0.717, 1.165) is 23.6 Å². The van der Waals surface area contributed by atoms with Crippen molar-refractivity contribution in [3.05, 3.63) is 61.7 Å². The summed E-state index contributed by atoms with van der Waals surface area (Å²) in [6, 6.07) is 4.85. The van der Waals surface area contributed by atoms with Crippen molar-refractivity contribution in [2.45, 2.75) is 31.5 Å². The molecule has 122 valence electrons. The minimum absolute atomic E-state index is 0.0251. The van der Waals surface area contributed by atoms with Gasteiger partial charge in [-0.15, -0.1) is 0 Å². The van der Waals surface area contributed by atoms with Crippen molar-refractivity contribution in [3.8, 4) is 0 Å². The van der Waals surface area contributed by atoms with Gasteiger partial charge in [-0.05, 0) is 52.5 Å². The van der Waals surface area contributed by atoms with Gasteiger partial charge in [-0.1, -0.05) is 6.07 Å². The Morgan fingerprint density at radius 1 is 1.26 bits per heavy atom. The van der Waals surface area contributed by atoms with Gasteiger partial charge in [-0.3, -0.25) is 4.79 Å². The van der Waals surface area contributed by atoms with Crippen LogP contribution in [-0.4, -0.2) is 9.78 Å². The Bertz CT molecular complexity index is 812. The molecule has 0 aliphatic heterocycles. The van der Waals surface area contributed by atoms with E-state index in [1.165, 1.54) is 18.2 Å². The Hall–Kier alpha value is -1.70. The van der Waals surface area contributed by atoms with Gasteiger partial charge in [0, 0.05) is 5.92 Å². The van der Waals surface area contributed by atoms with Gasteiger partial charge in [0.25, 0.3) is 5.56 Å². The molecule has 1 heterocycles. The van der Waals surface area contributed by atoms with E-state index in [2.05, 4.69) is 21.0 Å². The number of aromatic nitrogens is 2. The predicted molar refractivity (Wildman–Crippen MR) is 78.7 cm³/mol. The van der Waals surface area contributed by atoms with Crippen LogP contribution >= 0.6 is 15.9 Å². The van der Waals surface area contributed by atoms with Crippen LogP contribution in [0.3, 0.4) is 0 Å². The average Bonchev–Trinajstić information content (AvgIpc) is 3.28. The second-order valence-corrected chi connectivity index (χ2v) is 6.32. The standard InChI is InChI=1S/C15H11BrF4N2O/c16-11-5-8(1-4-12(11)17)7-22-14(23)10(15(18,19)20)6-13(21-22)9-2-3-9/h1,4-6,9H,2-3,7H2. The van der Waals surface area contributed by atoms with E-state index in [-0.39, 0.29) is 22.6 Å². The number of halogens is 5. The van der Waals surface area contributed by atoms with E-state index >= 15 is 0 Å². The summed E-state index contributed by atoms with van der Waals surface area (Å²) in [5.74, 6) is -0.514. The van der Waals surface area contributed by atoms with Crippen LogP contribution in [0.1, 0.15) is 35.6 Å². The maximum Gasteiger partial charge on any atom is 0.421 e. The Balaban J connectivity index is 2.05. The molecule has 2 aromatic rings. The Kier molecular flexibility index (Phi) is 4.03. The minimum Gasteiger partial charge on any atom is -0.267 e. The van der Waals surface area contributed by atoms with Gasteiger partial charge < -0.3 is 0 Å². The van der Waals surface area contributed by atoms with Gasteiger partial charge >= 0.3 is 6.18 Å². The third-order valence-electron chi connectivity index (χ3n) is 3.61. The smallest absolute Gasteiger partial charge is 0.267 e. The third-order valence-corrected chi connectivity index (χ3v) is 4.22.